The molecule has 6 heteroatoms. The predicted octanol–water partition coefficient (Wildman–Crippen LogP) is 15.5. The first-order valence-corrected chi connectivity index (χ1v) is 26.1. The maximum Gasteiger partial charge on any atom is 0.305 e. The van der Waals surface area contributed by atoms with Gasteiger partial charge in [-0.25, -0.2) is 0 Å². The third kappa shape index (κ3) is 45.7. The Hall–Kier alpha value is -1.66. The standard InChI is InChI=1S/C53H101NO5/c1-3-5-7-9-11-13-14-15-20-24-27-31-35-39-43-47-53(58)59-48-44-40-36-32-28-25-22-19-17-16-18-21-23-26-30-34-38-42-46-52(57)54-50(49-55)51(56)45-41-37-33-29-12-10-8-6-4-2/h18,21,41,45,50-51,55-56H,3-17,19-20,22-40,42-44,46-49H2,1-2H3,(H,54,57)/b21-18-,45-41+. The van der Waals surface area contributed by atoms with Crippen molar-refractivity contribution in [1.29, 1.82) is 0 Å². The molecule has 0 fully saturated rings. The van der Waals surface area contributed by atoms with E-state index < -0.39 is 12.1 Å². The second-order valence-electron chi connectivity index (χ2n) is 17.9. The zero-order chi connectivity index (χ0) is 43.0. The van der Waals surface area contributed by atoms with Crippen molar-refractivity contribution >= 4 is 11.9 Å². The molecule has 2 unspecified atom stereocenters. The Balaban J connectivity index is 3.43. The van der Waals surface area contributed by atoms with Gasteiger partial charge in [0, 0.05) is 12.8 Å². The molecule has 0 spiro atoms. The Kier molecular flexibility index (Phi) is 47.6. The van der Waals surface area contributed by atoms with Crippen LogP contribution in [0.2, 0.25) is 0 Å². The minimum atomic E-state index is -0.850. The van der Waals surface area contributed by atoms with Crippen molar-refractivity contribution in [1.82, 2.24) is 5.32 Å². The lowest BCUT2D eigenvalue weighted by Gasteiger charge is -2.20. The van der Waals surface area contributed by atoms with Crippen LogP contribution in [0.1, 0.15) is 277 Å². The van der Waals surface area contributed by atoms with Gasteiger partial charge < -0.3 is 20.3 Å². The topological polar surface area (TPSA) is 95.9 Å². The molecule has 0 aromatic carbocycles. The highest BCUT2D eigenvalue weighted by atomic mass is 16.5. The average Bonchev–Trinajstić information content (AvgIpc) is 3.24. The Morgan fingerprint density at radius 2 is 0.797 bits per heavy atom. The van der Waals surface area contributed by atoms with Crippen LogP contribution in [0.4, 0.5) is 0 Å². The second kappa shape index (κ2) is 49.0. The molecule has 0 bridgehead atoms. The molecule has 0 aliphatic carbocycles. The van der Waals surface area contributed by atoms with Crippen molar-refractivity contribution in [2.45, 2.75) is 289 Å². The number of carbonyl (C=O) groups is 2. The molecule has 3 N–H and O–H groups in total. The highest BCUT2D eigenvalue weighted by Gasteiger charge is 2.18. The summed E-state index contributed by atoms with van der Waals surface area (Å²) in [5.41, 5.74) is 0. The van der Waals surface area contributed by atoms with E-state index in [0.717, 1.165) is 57.8 Å². The van der Waals surface area contributed by atoms with Crippen LogP contribution in [-0.4, -0.2) is 47.4 Å². The molecule has 0 aliphatic rings. The second-order valence-corrected chi connectivity index (χ2v) is 17.9. The van der Waals surface area contributed by atoms with Gasteiger partial charge in [0.25, 0.3) is 0 Å². The van der Waals surface area contributed by atoms with Gasteiger partial charge in [0.15, 0.2) is 0 Å². The van der Waals surface area contributed by atoms with Gasteiger partial charge in [-0.2, -0.15) is 0 Å². The van der Waals surface area contributed by atoms with Gasteiger partial charge in [0.05, 0.1) is 25.4 Å². The molecule has 0 saturated heterocycles. The van der Waals surface area contributed by atoms with Crippen molar-refractivity contribution in [2.24, 2.45) is 0 Å². The third-order valence-corrected chi connectivity index (χ3v) is 12.0. The van der Waals surface area contributed by atoms with Crippen LogP contribution in [0.15, 0.2) is 24.3 Å². The molecule has 0 aromatic heterocycles. The Labute approximate surface area is 367 Å². The summed E-state index contributed by atoms with van der Waals surface area (Å²) in [6, 6.07) is -0.635. The molecule has 348 valence electrons. The average molecular weight is 832 g/mol. The highest BCUT2D eigenvalue weighted by molar-refractivity contribution is 5.76. The Bertz CT molecular complexity index is 920. The van der Waals surface area contributed by atoms with Crippen LogP contribution in [0, 0.1) is 0 Å². The molecule has 6 nitrogen and oxygen atoms in total. The normalized spacial score (nSPS) is 12.8. The number of hydrogen-bond donors (Lipinski definition) is 3. The van der Waals surface area contributed by atoms with Crippen LogP contribution in [0.25, 0.3) is 0 Å². The summed E-state index contributed by atoms with van der Waals surface area (Å²) in [6.07, 6.45) is 57.6. The minimum Gasteiger partial charge on any atom is -0.466 e. The number of aliphatic hydroxyl groups excluding tert-OH is 2. The number of hydrogen-bond acceptors (Lipinski definition) is 5. The van der Waals surface area contributed by atoms with E-state index >= 15 is 0 Å². The minimum absolute atomic E-state index is 0.00442. The molecule has 0 aliphatic heterocycles. The molecule has 0 radical (unpaired) electrons. The number of unbranched alkanes of at least 4 members (excludes halogenated alkanes) is 35. The summed E-state index contributed by atoms with van der Waals surface area (Å²) in [5, 5.41) is 22.9. The van der Waals surface area contributed by atoms with Gasteiger partial charge >= 0.3 is 5.97 Å². The van der Waals surface area contributed by atoms with E-state index in [0.29, 0.717) is 19.4 Å². The number of aliphatic hydroxyl groups is 2. The van der Waals surface area contributed by atoms with Gasteiger partial charge in [-0.1, -0.05) is 231 Å². The van der Waals surface area contributed by atoms with Crippen molar-refractivity contribution in [3.63, 3.8) is 0 Å². The molecule has 0 heterocycles. The Morgan fingerprint density at radius 3 is 1.20 bits per heavy atom. The van der Waals surface area contributed by atoms with Crippen molar-refractivity contribution in [3.8, 4) is 0 Å². The summed E-state index contributed by atoms with van der Waals surface area (Å²) < 4.78 is 5.47. The van der Waals surface area contributed by atoms with E-state index in [-0.39, 0.29) is 18.5 Å². The zero-order valence-corrected chi connectivity index (χ0v) is 39.5. The van der Waals surface area contributed by atoms with Crippen molar-refractivity contribution in [3.05, 3.63) is 24.3 Å². The fourth-order valence-corrected chi connectivity index (χ4v) is 7.92. The van der Waals surface area contributed by atoms with Crippen LogP contribution < -0.4 is 5.32 Å². The molecule has 2 atom stereocenters. The summed E-state index contributed by atoms with van der Waals surface area (Å²) in [4.78, 5) is 24.4. The first-order chi connectivity index (χ1) is 29.0. The van der Waals surface area contributed by atoms with E-state index in [2.05, 4.69) is 31.3 Å². The zero-order valence-electron chi connectivity index (χ0n) is 39.5. The fourth-order valence-electron chi connectivity index (χ4n) is 7.92. The molecule has 59 heavy (non-hydrogen) atoms. The number of carbonyl (C=O) groups excluding carboxylic acids is 2. The molecular weight excluding hydrogens is 731 g/mol. The lowest BCUT2D eigenvalue weighted by Crippen LogP contribution is -2.45. The van der Waals surface area contributed by atoms with E-state index in [9.17, 15) is 19.8 Å². The number of ether oxygens (including phenoxy) is 1. The number of nitrogens with one attached hydrogen (secondary N) is 1. The molecule has 0 aromatic rings. The monoisotopic (exact) mass is 832 g/mol. The van der Waals surface area contributed by atoms with E-state index in [1.807, 2.05) is 6.08 Å². The summed E-state index contributed by atoms with van der Waals surface area (Å²) in [7, 11) is 0. The number of rotatable bonds is 48. The van der Waals surface area contributed by atoms with Gasteiger partial charge in [-0.3, -0.25) is 9.59 Å². The number of amides is 1. The summed E-state index contributed by atoms with van der Waals surface area (Å²) in [6.45, 7) is 4.86. The molecule has 0 saturated carbocycles. The SMILES string of the molecule is CCCCCCCCC/C=C/C(O)C(CO)NC(=O)CCCCCCC/C=C\CCCCCCCCCCCOC(=O)CCCCCCCCCCCCCCCCC. The summed E-state index contributed by atoms with van der Waals surface area (Å²) in [5.74, 6) is -0.0808. The number of allylic oxidation sites excluding steroid dienone is 3. The Morgan fingerprint density at radius 1 is 0.458 bits per heavy atom. The van der Waals surface area contributed by atoms with Gasteiger partial charge in [0.2, 0.25) is 5.91 Å². The lowest BCUT2D eigenvalue weighted by molar-refractivity contribution is -0.143. The molecule has 0 rings (SSSR count). The van der Waals surface area contributed by atoms with Crippen LogP contribution in [0.3, 0.4) is 0 Å². The maximum absolute atomic E-state index is 12.4. The smallest absolute Gasteiger partial charge is 0.305 e. The van der Waals surface area contributed by atoms with E-state index in [4.69, 9.17) is 4.74 Å². The van der Waals surface area contributed by atoms with Gasteiger partial charge in [0.1, 0.15) is 0 Å². The van der Waals surface area contributed by atoms with Crippen LogP contribution in [0.5, 0.6) is 0 Å². The van der Waals surface area contributed by atoms with Crippen LogP contribution >= 0.6 is 0 Å². The van der Waals surface area contributed by atoms with E-state index in [1.54, 1.807) is 6.08 Å². The van der Waals surface area contributed by atoms with Crippen molar-refractivity contribution in [2.75, 3.05) is 13.2 Å². The van der Waals surface area contributed by atoms with E-state index in [1.165, 1.54) is 193 Å². The summed E-state index contributed by atoms with van der Waals surface area (Å²) >= 11 is 0. The first-order valence-electron chi connectivity index (χ1n) is 26.1. The molecular formula is C53H101NO5. The predicted molar refractivity (Wildman–Crippen MR) is 255 cm³/mol. The van der Waals surface area contributed by atoms with Gasteiger partial charge in [-0.15, -0.1) is 0 Å². The van der Waals surface area contributed by atoms with Crippen molar-refractivity contribution < 1.29 is 24.5 Å². The quantitative estimate of drug-likeness (QED) is 0.0322. The largest absolute Gasteiger partial charge is 0.466 e. The van der Waals surface area contributed by atoms with Gasteiger partial charge in [-0.05, 0) is 57.8 Å². The van der Waals surface area contributed by atoms with Crippen LogP contribution in [-0.2, 0) is 14.3 Å². The molecule has 1 amide bonds. The maximum atomic E-state index is 12.4. The highest BCUT2D eigenvalue weighted by Crippen LogP contribution is 2.16. The fraction of sp³-hybridized carbons (Fsp3) is 0.887. The number of esters is 1. The third-order valence-electron chi connectivity index (χ3n) is 12.0. The first kappa shape index (κ1) is 57.3. The lowest BCUT2D eigenvalue weighted by atomic mass is 10.0.